The molecule has 0 bridgehead atoms. The Hall–Kier alpha value is -1.16. The fourth-order valence-corrected chi connectivity index (χ4v) is 1.59. The van der Waals surface area contributed by atoms with Crippen molar-refractivity contribution < 1.29 is 4.39 Å². The molecule has 0 radical (unpaired) electrons. The molecule has 0 unspecified atom stereocenters. The van der Waals surface area contributed by atoms with Crippen LogP contribution >= 0.6 is 15.9 Å². The van der Waals surface area contributed by atoms with Crippen molar-refractivity contribution in [1.82, 2.24) is 4.98 Å². The second-order valence-electron chi connectivity index (χ2n) is 2.69. The van der Waals surface area contributed by atoms with Gasteiger partial charge in [0.25, 0.3) is 0 Å². The predicted octanol–water partition coefficient (Wildman–Crippen LogP) is 2.72. The molecule has 0 aliphatic carbocycles. The molecule has 0 atom stereocenters. The van der Waals surface area contributed by atoms with E-state index >= 15 is 0 Å². The molecule has 2 N–H and O–H groups in total. The van der Waals surface area contributed by atoms with E-state index in [2.05, 4.69) is 20.9 Å². The minimum absolute atomic E-state index is 0.295. The molecule has 2 aromatic rings. The van der Waals surface area contributed by atoms with E-state index in [-0.39, 0.29) is 5.82 Å². The van der Waals surface area contributed by atoms with E-state index in [1.165, 1.54) is 6.07 Å². The molecule has 0 amide bonds. The van der Waals surface area contributed by atoms with Crippen LogP contribution < -0.4 is 5.73 Å². The third-order valence-corrected chi connectivity index (χ3v) is 2.20. The Balaban J connectivity index is 2.86. The highest BCUT2D eigenvalue weighted by atomic mass is 79.9. The maximum absolute atomic E-state index is 13.3. The van der Waals surface area contributed by atoms with Crippen LogP contribution in [-0.2, 0) is 0 Å². The zero-order valence-corrected chi connectivity index (χ0v) is 8.18. The van der Waals surface area contributed by atoms with E-state index in [1.807, 2.05) is 0 Å². The van der Waals surface area contributed by atoms with Gasteiger partial charge in [-0.1, -0.05) is 15.9 Å². The molecule has 0 aliphatic heterocycles. The van der Waals surface area contributed by atoms with Crippen LogP contribution in [0.3, 0.4) is 0 Å². The third-order valence-electron chi connectivity index (χ3n) is 1.74. The normalized spacial score (nSPS) is 10.6. The van der Waals surface area contributed by atoms with Crippen molar-refractivity contribution >= 4 is 32.7 Å². The molecule has 13 heavy (non-hydrogen) atoms. The number of aromatic nitrogens is 1. The second-order valence-corrected chi connectivity index (χ2v) is 3.61. The standard InChI is InChI=1S/C9H6BrFN2/c10-5-3-7(11)6-1-2-9(12)13-8(6)4-5/h1-4H,(H2,12,13). The minimum Gasteiger partial charge on any atom is -0.384 e. The number of benzene rings is 1. The fourth-order valence-electron chi connectivity index (χ4n) is 1.17. The fraction of sp³-hybridized carbons (Fsp3) is 0. The number of nitrogens with two attached hydrogens (primary N) is 1. The summed E-state index contributed by atoms with van der Waals surface area (Å²) in [6.07, 6.45) is 0. The lowest BCUT2D eigenvalue weighted by Crippen LogP contribution is -1.91. The zero-order chi connectivity index (χ0) is 9.42. The summed E-state index contributed by atoms with van der Waals surface area (Å²) in [5.74, 6) is 0.0990. The quantitative estimate of drug-likeness (QED) is 0.770. The van der Waals surface area contributed by atoms with Gasteiger partial charge < -0.3 is 5.73 Å². The van der Waals surface area contributed by atoms with Gasteiger partial charge >= 0.3 is 0 Å². The van der Waals surface area contributed by atoms with Gasteiger partial charge in [-0.2, -0.15) is 0 Å². The van der Waals surface area contributed by atoms with E-state index in [0.29, 0.717) is 21.2 Å². The van der Waals surface area contributed by atoms with Gasteiger partial charge in [-0.3, -0.25) is 0 Å². The molecule has 0 saturated carbocycles. The second kappa shape index (κ2) is 2.96. The van der Waals surface area contributed by atoms with Gasteiger partial charge in [-0.05, 0) is 24.3 Å². The summed E-state index contributed by atoms with van der Waals surface area (Å²) in [6.45, 7) is 0. The summed E-state index contributed by atoms with van der Waals surface area (Å²) in [5, 5.41) is 0.484. The number of rotatable bonds is 0. The molecule has 0 saturated heterocycles. The number of pyridine rings is 1. The summed E-state index contributed by atoms with van der Waals surface area (Å²) in [5.41, 5.74) is 6.04. The van der Waals surface area contributed by atoms with Crippen molar-refractivity contribution in [3.63, 3.8) is 0 Å². The van der Waals surface area contributed by atoms with E-state index in [4.69, 9.17) is 5.73 Å². The summed E-state index contributed by atoms with van der Waals surface area (Å²) >= 11 is 3.19. The largest absolute Gasteiger partial charge is 0.384 e. The van der Waals surface area contributed by atoms with E-state index in [9.17, 15) is 4.39 Å². The van der Waals surface area contributed by atoms with E-state index in [0.717, 1.165) is 0 Å². The average Bonchev–Trinajstić information content (AvgIpc) is 2.02. The monoisotopic (exact) mass is 240 g/mol. The van der Waals surface area contributed by atoms with Crippen molar-refractivity contribution in [2.45, 2.75) is 0 Å². The first-order valence-electron chi connectivity index (χ1n) is 3.68. The summed E-state index contributed by atoms with van der Waals surface area (Å²) in [7, 11) is 0. The molecular weight excluding hydrogens is 235 g/mol. The Kier molecular flexibility index (Phi) is 1.92. The van der Waals surface area contributed by atoms with Crippen LogP contribution in [0.1, 0.15) is 0 Å². The first-order chi connectivity index (χ1) is 6.16. The third kappa shape index (κ3) is 1.49. The Labute approximate surface area is 82.7 Å². The van der Waals surface area contributed by atoms with E-state index in [1.54, 1.807) is 18.2 Å². The first kappa shape index (κ1) is 8.44. The minimum atomic E-state index is -0.295. The van der Waals surface area contributed by atoms with Crippen LogP contribution in [0.25, 0.3) is 10.9 Å². The molecule has 66 valence electrons. The van der Waals surface area contributed by atoms with Crippen LogP contribution in [0.4, 0.5) is 10.2 Å². The van der Waals surface area contributed by atoms with E-state index < -0.39 is 0 Å². The lowest BCUT2D eigenvalue weighted by molar-refractivity contribution is 0.639. The van der Waals surface area contributed by atoms with Crippen molar-refractivity contribution in [3.05, 3.63) is 34.6 Å². The SMILES string of the molecule is Nc1ccc2c(F)cc(Br)cc2n1. The van der Waals surface area contributed by atoms with Crippen LogP contribution in [0.2, 0.25) is 0 Å². The van der Waals surface area contributed by atoms with Gasteiger partial charge in [-0.25, -0.2) is 9.37 Å². The number of hydrogen-bond acceptors (Lipinski definition) is 2. The van der Waals surface area contributed by atoms with Gasteiger partial charge in [-0.15, -0.1) is 0 Å². The first-order valence-corrected chi connectivity index (χ1v) is 4.47. The summed E-state index contributed by atoms with van der Waals surface area (Å²) in [4.78, 5) is 4.01. The Morgan fingerprint density at radius 3 is 2.85 bits per heavy atom. The highest BCUT2D eigenvalue weighted by Crippen LogP contribution is 2.22. The number of halogens is 2. The van der Waals surface area contributed by atoms with Crippen molar-refractivity contribution in [3.8, 4) is 0 Å². The summed E-state index contributed by atoms with van der Waals surface area (Å²) < 4.78 is 13.9. The average molecular weight is 241 g/mol. The molecule has 2 nitrogen and oxygen atoms in total. The maximum Gasteiger partial charge on any atom is 0.133 e. The molecule has 0 aliphatic rings. The maximum atomic E-state index is 13.3. The van der Waals surface area contributed by atoms with Gasteiger partial charge in [0.1, 0.15) is 11.6 Å². The Bertz CT molecular complexity index is 465. The Morgan fingerprint density at radius 1 is 1.31 bits per heavy atom. The highest BCUT2D eigenvalue weighted by Gasteiger charge is 2.03. The highest BCUT2D eigenvalue weighted by molar-refractivity contribution is 9.10. The molecule has 1 aromatic carbocycles. The lowest BCUT2D eigenvalue weighted by atomic mass is 10.2. The van der Waals surface area contributed by atoms with Crippen LogP contribution in [0, 0.1) is 5.82 Å². The van der Waals surface area contributed by atoms with Gasteiger partial charge in [0.15, 0.2) is 0 Å². The lowest BCUT2D eigenvalue weighted by Gasteiger charge is -2.00. The number of nitrogens with zero attached hydrogens (tertiary/aromatic N) is 1. The number of nitrogen functional groups attached to an aromatic ring is 1. The number of anilines is 1. The predicted molar refractivity (Wildman–Crippen MR) is 53.8 cm³/mol. The van der Waals surface area contributed by atoms with Crippen molar-refractivity contribution in [2.24, 2.45) is 0 Å². The molecule has 0 fully saturated rings. The van der Waals surface area contributed by atoms with Crippen molar-refractivity contribution in [1.29, 1.82) is 0 Å². The molecule has 1 heterocycles. The number of hydrogen-bond donors (Lipinski definition) is 1. The molecule has 0 spiro atoms. The smallest absolute Gasteiger partial charge is 0.133 e. The van der Waals surface area contributed by atoms with Crippen molar-refractivity contribution in [2.75, 3.05) is 5.73 Å². The molecule has 2 rings (SSSR count). The Morgan fingerprint density at radius 2 is 2.08 bits per heavy atom. The number of fused-ring (bicyclic) bond motifs is 1. The van der Waals surface area contributed by atoms with Gasteiger partial charge in [0.2, 0.25) is 0 Å². The van der Waals surface area contributed by atoms with Gasteiger partial charge in [0, 0.05) is 9.86 Å². The van der Waals surface area contributed by atoms with Crippen LogP contribution in [0.15, 0.2) is 28.7 Å². The molecular formula is C9H6BrFN2. The van der Waals surface area contributed by atoms with Crippen LogP contribution in [0.5, 0.6) is 0 Å². The topological polar surface area (TPSA) is 38.9 Å². The molecule has 1 aromatic heterocycles. The molecule has 4 heteroatoms. The zero-order valence-electron chi connectivity index (χ0n) is 6.59. The van der Waals surface area contributed by atoms with Crippen LogP contribution in [-0.4, -0.2) is 4.98 Å². The van der Waals surface area contributed by atoms with Gasteiger partial charge in [0.05, 0.1) is 5.52 Å². The summed E-state index contributed by atoms with van der Waals surface area (Å²) in [6, 6.07) is 6.34.